The molecule has 0 aliphatic carbocycles. The maximum Gasteiger partial charge on any atom is 0.271 e. The fraction of sp³-hybridized carbons (Fsp3) is 0.211. The maximum atomic E-state index is 12.1. The molecule has 0 bridgehead atoms. The summed E-state index contributed by atoms with van der Waals surface area (Å²) in [7, 11) is 4.53. The normalized spacial score (nSPS) is 10.4. The van der Waals surface area contributed by atoms with Gasteiger partial charge in [0.05, 0.1) is 27.5 Å². The van der Waals surface area contributed by atoms with Crippen molar-refractivity contribution in [2.45, 2.75) is 0 Å². The Bertz CT molecular complexity index is 839. The molecule has 2 amide bonds. The zero-order valence-corrected chi connectivity index (χ0v) is 15.7. The van der Waals surface area contributed by atoms with Crippen LogP contribution in [0.1, 0.15) is 15.9 Å². The van der Waals surface area contributed by atoms with Gasteiger partial charge in [0.15, 0.2) is 18.1 Å². The Morgan fingerprint density at radius 3 is 2.14 bits per heavy atom. The quantitative estimate of drug-likeness (QED) is 0.495. The van der Waals surface area contributed by atoms with E-state index in [0.29, 0.717) is 34.1 Å². The fourth-order valence-corrected chi connectivity index (χ4v) is 2.26. The molecule has 3 N–H and O–H groups in total. The van der Waals surface area contributed by atoms with Crippen LogP contribution in [0.3, 0.4) is 0 Å². The number of benzene rings is 2. The van der Waals surface area contributed by atoms with Gasteiger partial charge in [0.25, 0.3) is 11.8 Å². The third-order valence-corrected chi connectivity index (χ3v) is 3.56. The number of nitrogens with two attached hydrogens (primary N) is 1. The van der Waals surface area contributed by atoms with E-state index in [4.69, 9.17) is 24.7 Å². The van der Waals surface area contributed by atoms with E-state index in [1.807, 2.05) is 0 Å². The summed E-state index contributed by atoms with van der Waals surface area (Å²) in [4.78, 5) is 22.8. The van der Waals surface area contributed by atoms with Crippen molar-refractivity contribution in [3.8, 4) is 23.0 Å². The zero-order chi connectivity index (χ0) is 20.5. The van der Waals surface area contributed by atoms with Gasteiger partial charge in [-0.25, -0.2) is 5.43 Å². The number of nitrogens with one attached hydrogen (secondary N) is 1. The third kappa shape index (κ3) is 5.37. The van der Waals surface area contributed by atoms with E-state index < -0.39 is 11.8 Å². The van der Waals surface area contributed by atoms with Crippen LogP contribution >= 0.6 is 0 Å². The molecule has 0 spiro atoms. The second kappa shape index (κ2) is 9.81. The molecule has 148 valence electrons. The Balaban J connectivity index is 2.04. The number of ether oxygens (including phenoxy) is 4. The average Bonchev–Trinajstić information content (AvgIpc) is 2.71. The minimum Gasteiger partial charge on any atom is -0.493 e. The van der Waals surface area contributed by atoms with E-state index in [9.17, 15) is 9.59 Å². The second-order valence-electron chi connectivity index (χ2n) is 5.44. The van der Waals surface area contributed by atoms with E-state index >= 15 is 0 Å². The Kier molecular flexibility index (Phi) is 7.21. The van der Waals surface area contributed by atoms with Crippen molar-refractivity contribution in [1.29, 1.82) is 0 Å². The van der Waals surface area contributed by atoms with E-state index in [-0.39, 0.29) is 6.61 Å². The lowest BCUT2D eigenvalue weighted by molar-refractivity contribution is -0.119. The van der Waals surface area contributed by atoms with Crippen molar-refractivity contribution in [3.63, 3.8) is 0 Å². The van der Waals surface area contributed by atoms with Gasteiger partial charge in [0.1, 0.15) is 5.75 Å². The average molecular weight is 387 g/mol. The highest BCUT2D eigenvalue weighted by atomic mass is 16.5. The predicted octanol–water partition coefficient (Wildman–Crippen LogP) is 1.34. The SMILES string of the molecule is COc1cc(/C=N\NC(=O)c2ccc(OCC(N)=O)cc2)cc(OC)c1OC. The van der Waals surface area contributed by atoms with E-state index in [1.54, 1.807) is 36.4 Å². The fourth-order valence-electron chi connectivity index (χ4n) is 2.26. The zero-order valence-electron chi connectivity index (χ0n) is 15.7. The molecule has 0 fully saturated rings. The van der Waals surface area contributed by atoms with Crippen molar-refractivity contribution in [3.05, 3.63) is 47.5 Å². The number of hydrogen-bond acceptors (Lipinski definition) is 7. The number of nitrogens with zero attached hydrogens (tertiary/aromatic N) is 1. The van der Waals surface area contributed by atoms with Crippen LogP contribution in [-0.4, -0.2) is 46.0 Å². The Morgan fingerprint density at radius 1 is 1.04 bits per heavy atom. The monoisotopic (exact) mass is 387 g/mol. The standard InChI is InChI=1S/C19H21N3O6/c1-25-15-8-12(9-16(26-2)18(15)27-3)10-21-22-19(24)13-4-6-14(7-5-13)28-11-17(20)23/h4-10H,11H2,1-3H3,(H2,20,23)(H,22,24)/b21-10-. The van der Waals surface area contributed by atoms with Crippen LogP contribution in [0.4, 0.5) is 0 Å². The van der Waals surface area contributed by atoms with Gasteiger partial charge in [-0.3, -0.25) is 9.59 Å². The van der Waals surface area contributed by atoms with Crippen molar-refractivity contribution in [2.24, 2.45) is 10.8 Å². The first-order chi connectivity index (χ1) is 13.5. The summed E-state index contributed by atoms with van der Waals surface area (Å²) in [6.07, 6.45) is 1.45. The van der Waals surface area contributed by atoms with Gasteiger partial charge in [-0.15, -0.1) is 0 Å². The largest absolute Gasteiger partial charge is 0.493 e. The molecule has 2 aromatic carbocycles. The number of rotatable bonds is 9. The summed E-state index contributed by atoms with van der Waals surface area (Å²) in [5, 5.41) is 3.94. The maximum absolute atomic E-state index is 12.1. The smallest absolute Gasteiger partial charge is 0.271 e. The first-order valence-electron chi connectivity index (χ1n) is 8.13. The molecular formula is C19H21N3O6. The number of primary amides is 1. The summed E-state index contributed by atoms with van der Waals surface area (Å²) in [5.41, 5.74) is 8.44. The summed E-state index contributed by atoms with van der Waals surface area (Å²) in [6, 6.07) is 9.59. The molecule has 9 nitrogen and oxygen atoms in total. The minimum atomic E-state index is -0.581. The molecule has 0 aliphatic rings. The van der Waals surface area contributed by atoms with Crippen molar-refractivity contribution >= 4 is 18.0 Å². The molecule has 0 heterocycles. The molecule has 0 atom stereocenters. The summed E-state index contributed by atoms with van der Waals surface area (Å²) in [6.45, 7) is -0.232. The van der Waals surface area contributed by atoms with Crippen molar-refractivity contribution < 1.29 is 28.5 Å². The topological polar surface area (TPSA) is 121 Å². The van der Waals surface area contributed by atoms with Crippen LogP contribution in [0.2, 0.25) is 0 Å². The minimum absolute atomic E-state index is 0.232. The Labute approximate surface area is 162 Å². The number of carbonyl (C=O) groups excluding carboxylic acids is 2. The molecule has 0 saturated carbocycles. The number of methoxy groups -OCH3 is 3. The number of amides is 2. The molecule has 0 aromatic heterocycles. The summed E-state index contributed by atoms with van der Waals surface area (Å²) in [5.74, 6) is 0.844. The summed E-state index contributed by atoms with van der Waals surface area (Å²) >= 11 is 0. The van der Waals surface area contributed by atoms with E-state index in [1.165, 1.54) is 27.5 Å². The highest BCUT2D eigenvalue weighted by Crippen LogP contribution is 2.37. The van der Waals surface area contributed by atoms with E-state index in [0.717, 1.165) is 0 Å². The van der Waals surface area contributed by atoms with Crippen LogP contribution in [0.15, 0.2) is 41.5 Å². The molecule has 2 rings (SSSR count). The number of carbonyl (C=O) groups is 2. The lowest BCUT2D eigenvalue weighted by Gasteiger charge is -2.12. The second-order valence-corrected chi connectivity index (χ2v) is 5.44. The number of hydrazone groups is 1. The van der Waals surface area contributed by atoms with Gasteiger partial charge in [-0.2, -0.15) is 5.10 Å². The highest BCUT2D eigenvalue weighted by molar-refractivity contribution is 5.95. The molecule has 0 saturated heterocycles. The van der Waals surface area contributed by atoms with Gasteiger partial charge in [0.2, 0.25) is 5.75 Å². The molecule has 2 aromatic rings. The van der Waals surface area contributed by atoms with Crippen LogP contribution in [-0.2, 0) is 4.79 Å². The molecule has 0 radical (unpaired) electrons. The third-order valence-electron chi connectivity index (χ3n) is 3.56. The van der Waals surface area contributed by atoms with Gasteiger partial charge in [-0.1, -0.05) is 0 Å². The highest BCUT2D eigenvalue weighted by Gasteiger charge is 2.12. The Hall–Kier alpha value is -3.75. The first-order valence-corrected chi connectivity index (χ1v) is 8.13. The van der Waals surface area contributed by atoms with Crippen LogP contribution in [0.25, 0.3) is 0 Å². The van der Waals surface area contributed by atoms with Crippen molar-refractivity contribution in [2.75, 3.05) is 27.9 Å². The van der Waals surface area contributed by atoms with Gasteiger partial charge < -0.3 is 24.7 Å². The Morgan fingerprint density at radius 2 is 1.64 bits per heavy atom. The molecule has 9 heteroatoms. The van der Waals surface area contributed by atoms with Crippen LogP contribution < -0.4 is 30.1 Å². The van der Waals surface area contributed by atoms with Crippen LogP contribution in [0, 0.1) is 0 Å². The summed E-state index contributed by atoms with van der Waals surface area (Å²) < 4.78 is 20.9. The first kappa shape index (κ1) is 20.6. The van der Waals surface area contributed by atoms with Crippen molar-refractivity contribution in [1.82, 2.24) is 5.43 Å². The van der Waals surface area contributed by atoms with Gasteiger partial charge in [-0.05, 0) is 36.4 Å². The lowest BCUT2D eigenvalue weighted by Crippen LogP contribution is -2.20. The van der Waals surface area contributed by atoms with Gasteiger partial charge in [0, 0.05) is 11.1 Å². The van der Waals surface area contributed by atoms with Gasteiger partial charge >= 0.3 is 0 Å². The van der Waals surface area contributed by atoms with Crippen LogP contribution in [0.5, 0.6) is 23.0 Å². The molecule has 28 heavy (non-hydrogen) atoms. The van der Waals surface area contributed by atoms with E-state index in [2.05, 4.69) is 10.5 Å². The molecular weight excluding hydrogens is 366 g/mol. The molecule has 0 aliphatic heterocycles. The predicted molar refractivity (Wildman–Crippen MR) is 102 cm³/mol. The molecule has 0 unspecified atom stereocenters. The number of hydrogen-bond donors (Lipinski definition) is 2. The lowest BCUT2D eigenvalue weighted by atomic mass is 10.2.